The molecule has 0 aliphatic carbocycles. The number of carbonyl (C=O) groups excluding carboxylic acids is 1. The smallest absolute Gasteiger partial charge is 0.251 e. The van der Waals surface area contributed by atoms with Crippen LogP contribution in [0, 0.1) is 5.92 Å². The first-order chi connectivity index (χ1) is 5.92. The summed E-state index contributed by atoms with van der Waals surface area (Å²) in [6, 6.07) is 0. The van der Waals surface area contributed by atoms with E-state index >= 15 is 0 Å². The first-order valence-corrected chi connectivity index (χ1v) is 4.56. The van der Waals surface area contributed by atoms with E-state index in [1.54, 1.807) is 0 Å². The van der Waals surface area contributed by atoms with Crippen molar-refractivity contribution in [2.75, 3.05) is 6.54 Å². The molecule has 1 amide bonds. The summed E-state index contributed by atoms with van der Waals surface area (Å²) in [4.78, 5) is 15.5. The first-order valence-electron chi connectivity index (χ1n) is 4.56. The minimum absolute atomic E-state index is 0.0185. The van der Waals surface area contributed by atoms with E-state index in [1.165, 1.54) is 0 Å². The zero-order valence-electron chi connectivity index (χ0n) is 8.64. The molecule has 0 atom stereocenters. The zero-order chi connectivity index (χ0) is 10.1. The molecule has 4 nitrogen and oxygen atoms in total. The van der Waals surface area contributed by atoms with Gasteiger partial charge in [0.1, 0.15) is 5.54 Å². The number of rotatable bonds is 2. The van der Waals surface area contributed by atoms with E-state index in [1.807, 2.05) is 13.8 Å². The SMILES string of the molecule is CC(C)CN=C1NC(=O)C(C)(C)N1. The molecule has 1 saturated heterocycles. The van der Waals surface area contributed by atoms with Gasteiger partial charge in [-0.15, -0.1) is 0 Å². The molecule has 0 bridgehead atoms. The Morgan fingerprint density at radius 3 is 2.46 bits per heavy atom. The van der Waals surface area contributed by atoms with Crippen LogP contribution >= 0.6 is 0 Å². The van der Waals surface area contributed by atoms with Crippen molar-refractivity contribution in [2.45, 2.75) is 33.2 Å². The van der Waals surface area contributed by atoms with Gasteiger partial charge in [0, 0.05) is 6.54 Å². The number of nitrogens with zero attached hydrogens (tertiary/aromatic N) is 1. The van der Waals surface area contributed by atoms with Gasteiger partial charge in [0.25, 0.3) is 5.91 Å². The molecular formula is C9H17N3O. The Bertz CT molecular complexity index is 243. The van der Waals surface area contributed by atoms with E-state index in [2.05, 4.69) is 29.5 Å². The van der Waals surface area contributed by atoms with Crippen molar-refractivity contribution >= 4 is 11.9 Å². The molecular weight excluding hydrogens is 166 g/mol. The third kappa shape index (κ3) is 2.44. The lowest BCUT2D eigenvalue weighted by atomic mass is 10.1. The van der Waals surface area contributed by atoms with Gasteiger partial charge in [-0.25, -0.2) is 0 Å². The van der Waals surface area contributed by atoms with E-state index in [0.29, 0.717) is 11.9 Å². The second-order valence-corrected chi connectivity index (χ2v) is 4.29. The Labute approximate surface area is 78.8 Å². The van der Waals surface area contributed by atoms with Crippen LogP contribution in [-0.4, -0.2) is 24.0 Å². The zero-order valence-corrected chi connectivity index (χ0v) is 8.64. The van der Waals surface area contributed by atoms with E-state index in [4.69, 9.17) is 0 Å². The number of hydrogen-bond acceptors (Lipinski definition) is 2. The fraction of sp³-hybridized carbons (Fsp3) is 0.778. The van der Waals surface area contributed by atoms with Gasteiger partial charge in [0.15, 0.2) is 5.96 Å². The second kappa shape index (κ2) is 3.36. The van der Waals surface area contributed by atoms with Crippen LogP contribution in [0.3, 0.4) is 0 Å². The molecule has 0 aromatic heterocycles. The van der Waals surface area contributed by atoms with Gasteiger partial charge in [-0.2, -0.15) is 0 Å². The van der Waals surface area contributed by atoms with Gasteiger partial charge in [-0.3, -0.25) is 15.1 Å². The van der Waals surface area contributed by atoms with Gasteiger partial charge in [0.2, 0.25) is 0 Å². The monoisotopic (exact) mass is 183 g/mol. The van der Waals surface area contributed by atoms with Gasteiger partial charge in [0.05, 0.1) is 0 Å². The van der Waals surface area contributed by atoms with Crippen molar-refractivity contribution in [2.24, 2.45) is 10.9 Å². The number of carbonyl (C=O) groups is 1. The Morgan fingerprint density at radius 1 is 1.46 bits per heavy atom. The van der Waals surface area contributed by atoms with Gasteiger partial charge in [-0.05, 0) is 19.8 Å². The average molecular weight is 183 g/mol. The molecule has 0 saturated carbocycles. The van der Waals surface area contributed by atoms with Crippen LogP contribution in [0.25, 0.3) is 0 Å². The fourth-order valence-corrected chi connectivity index (χ4v) is 1.00. The van der Waals surface area contributed by atoms with Crippen molar-refractivity contribution in [1.29, 1.82) is 0 Å². The van der Waals surface area contributed by atoms with Gasteiger partial charge < -0.3 is 5.32 Å². The number of amides is 1. The minimum Gasteiger partial charge on any atom is -0.342 e. The Kier molecular flexibility index (Phi) is 2.59. The van der Waals surface area contributed by atoms with E-state index in [-0.39, 0.29) is 5.91 Å². The lowest BCUT2D eigenvalue weighted by Crippen LogP contribution is -2.40. The molecule has 74 valence electrons. The van der Waals surface area contributed by atoms with Crippen LogP contribution in [0.4, 0.5) is 0 Å². The summed E-state index contributed by atoms with van der Waals surface area (Å²) in [5.74, 6) is 1.09. The van der Waals surface area contributed by atoms with E-state index in [0.717, 1.165) is 6.54 Å². The third-order valence-electron chi connectivity index (χ3n) is 1.85. The highest BCUT2D eigenvalue weighted by Crippen LogP contribution is 2.07. The number of aliphatic imine (C=N–C) groups is 1. The normalized spacial score (nSPS) is 23.5. The van der Waals surface area contributed by atoms with E-state index in [9.17, 15) is 4.79 Å². The summed E-state index contributed by atoms with van der Waals surface area (Å²) in [5.41, 5.74) is -0.518. The summed E-state index contributed by atoms with van der Waals surface area (Å²) in [7, 11) is 0. The third-order valence-corrected chi connectivity index (χ3v) is 1.85. The molecule has 1 aliphatic rings. The van der Waals surface area contributed by atoms with Crippen molar-refractivity contribution in [3.8, 4) is 0 Å². The standard InChI is InChI=1S/C9H17N3O/c1-6(2)5-10-8-11-7(13)9(3,4)12-8/h6H,5H2,1-4H3,(H2,10,11,12,13). The molecule has 1 rings (SSSR count). The molecule has 0 unspecified atom stereocenters. The predicted molar refractivity (Wildman–Crippen MR) is 52.5 cm³/mol. The minimum atomic E-state index is -0.518. The lowest BCUT2D eigenvalue weighted by Gasteiger charge is -2.12. The largest absolute Gasteiger partial charge is 0.342 e. The molecule has 1 aliphatic heterocycles. The molecule has 0 aromatic carbocycles. The fourth-order valence-electron chi connectivity index (χ4n) is 1.00. The molecule has 0 spiro atoms. The molecule has 13 heavy (non-hydrogen) atoms. The molecule has 2 N–H and O–H groups in total. The van der Waals surface area contributed by atoms with Crippen molar-refractivity contribution in [3.63, 3.8) is 0 Å². The highest BCUT2D eigenvalue weighted by molar-refractivity contribution is 6.08. The summed E-state index contributed by atoms with van der Waals surface area (Å²) < 4.78 is 0. The van der Waals surface area contributed by atoms with Gasteiger partial charge in [-0.1, -0.05) is 13.8 Å². The van der Waals surface area contributed by atoms with Crippen LogP contribution < -0.4 is 10.6 Å². The highest BCUT2D eigenvalue weighted by atomic mass is 16.2. The molecule has 0 radical (unpaired) electrons. The maximum atomic E-state index is 11.3. The Balaban J connectivity index is 2.58. The van der Waals surface area contributed by atoms with Crippen LogP contribution in [-0.2, 0) is 4.79 Å². The van der Waals surface area contributed by atoms with Gasteiger partial charge >= 0.3 is 0 Å². The Hall–Kier alpha value is -1.06. The topological polar surface area (TPSA) is 53.5 Å². The average Bonchev–Trinajstić information content (AvgIpc) is 2.22. The Morgan fingerprint density at radius 2 is 2.08 bits per heavy atom. The number of guanidine groups is 1. The first kappa shape index (κ1) is 10.0. The number of nitrogens with one attached hydrogen (secondary N) is 2. The quantitative estimate of drug-likeness (QED) is 0.655. The van der Waals surface area contributed by atoms with Crippen LogP contribution in [0.15, 0.2) is 4.99 Å². The van der Waals surface area contributed by atoms with Crippen molar-refractivity contribution in [1.82, 2.24) is 10.6 Å². The summed E-state index contributed by atoms with van der Waals surface area (Å²) >= 11 is 0. The maximum absolute atomic E-state index is 11.3. The van der Waals surface area contributed by atoms with Crippen molar-refractivity contribution in [3.05, 3.63) is 0 Å². The molecule has 1 fully saturated rings. The maximum Gasteiger partial charge on any atom is 0.251 e. The van der Waals surface area contributed by atoms with Crippen molar-refractivity contribution < 1.29 is 4.79 Å². The number of hydrogen-bond donors (Lipinski definition) is 2. The lowest BCUT2D eigenvalue weighted by molar-refractivity contribution is -0.122. The second-order valence-electron chi connectivity index (χ2n) is 4.29. The molecule has 0 aromatic rings. The predicted octanol–water partition coefficient (Wildman–Crippen LogP) is 0.496. The van der Waals surface area contributed by atoms with Crippen LogP contribution in [0.5, 0.6) is 0 Å². The van der Waals surface area contributed by atoms with E-state index < -0.39 is 5.54 Å². The van der Waals surface area contributed by atoms with Crippen LogP contribution in [0.2, 0.25) is 0 Å². The molecule has 4 heteroatoms. The summed E-state index contributed by atoms with van der Waals surface area (Å²) in [5, 5.41) is 5.72. The summed E-state index contributed by atoms with van der Waals surface area (Å²) in [6.07, 6.45) is 0. The summed E-state index contributed by atoms with van der Waals surface area (Å²) in [6.45, 7) is 8.58. The van der Waals surface area contributed by atoms with Crippen LogP contribution in [0.1, 0.15) is 27.7 Å². The highest BCUT2D eigenvalue weighted by Gasteiger charge is 2.35. The molecule has 1 heterocycles.